The number of rotatable bonds is 6. The highest BCUT2D eigenvalue weighted by molar-refractivity contribution is 5.50. The third-order valence-electron chi connectivity index (χ3n) is 3.82. The molecule has 0 saturated carbocycles. The van der Waals surface area contributed by atoms with E-state index in [-0.39, 0.29) is 0 Å². The highest BCUT2D eigenvalue weighted by Gasteiger charge is 2.22. The minimum atomic E-state index is 0.826. The average molecular weight is 262 g/mol. The molecule has 2 rings (SSSR count). The third-order valence-corrected chi connectivity index (χ3v) is 3.82. The van der Waals surface area contributed by atoms with E-state index in [9.17, 15) is 0 Å². The molecule has 1 atom stereocenters. The lowest BCUT2D eigenvalue weighted by atomic mass is 10.1. The van der Waals surface area contributed by atoms with E-state index in [0.717, 1.165) is 55.9 Å². The van der Waals surface area contributed by atoms with E-state index in [1.807, 2.05) is 0 Å². The van der Waals surface area contributed by atoms with Crippen LogP contribution in [0.15, 0.2) is 6.07 Å². The molecule has 1 aromatic heterocycles. The second-order valence-electron chi connectivity index (χ2n) is 5.32. The fourth-order valence-corrected chi connectivity index (χ4v) is 2.52. The summed E-state index contributed by atoms with van der Waals surface area (Å²) in [5.41, 5.74) is 0. The predicted octanol–water partition coefficient (Wildman–Crippen LogP) is 3.10. The summed E-state index contributed by atoms with van der Waals surface area (Å²) in [5, 5.41) is 3.38. The van der Waals surface area contributed by atoms with Gasteiger partial charge >= 0.3 is 0 Å². The molecule has 0 amide bonds. The molecule has 4 heteroatoms. The monoisotopic (exact) mass is 262 g/mol. The van der Waals surface area contributed by atoms with Crippen molar-refractivity contribution in [1.82, 2.24) is 9.97 Å². The van der Waals surface area contributed by atoms with Gasteiger partial charge in [-0.15, -0.1) is 0 Å². The first-order valence-electron chi connectivity index (χ1n) is 7.63. The number of hydrogen-bond donors (Lipinski definition) is 1. The Hall–Kier alpha value is -1.32. The van der Waals surface area contributed by atoms with E-state index >= 15 is 0 Å². The average Bonchev–Trinajstić information content (AvgIpc) is 2.93. The van der Waals surface area contributed by atoms with E-state index in [4.69, 9.17) is 0 Å². The van der Waals surface area contributed by atoms with E-state index in [1.54, 1.807) is 0 Å². The maximum atomic E-state index is 4.69. The Morgan fingerprint density at radius 2 is 2.16 bits per heavy atom. The summed E-state index contributed by atoms with van der Waals surface area (Å²) in [6.45, 7) is 9.80. The van der Waals surface area contributed by atoms with Crippen LogP contribution in [0.4, 0.5) is 11.6 Å². The molecule has 1 aromatic rings. The van der Waals surface area contributed by atoms with Gasteiger partial charge in [-0.2, -0.15) is 0 Å². The van der Waals surface area contributed by atoms with Crippen LogP contribution in [-0.2, 0) is 6.42 Å². The lowest BCUT2D eigenvalue weighted by Crippen LogP contribution is -2.22. The normalized spacial score (nSPS) is 18.9. The number of nitrogens with zero attached hydrogens (tertiary/aromatic N) is 3. The van der Waals surface area contributed by atoms with Crippen LogP contribution in [0.2, 0.25) is 0 Å². The van der Waals surface area contributed by atoms with Gasteiger partial charge in [-0.1, -0.05) is 27.2 Å². The first-order chi connectivity index (χ1) is 9.26. The predicted molar refractivity (Wildman–Crippen MR) is 80.8 cm³/mol. The third kappa shape index (κ3) is 3.58. The number of aromatic nitrogens is 2. The first kappa shape index (κ1) is 14.1. The highest BCUT2D eigenvalue weighted by atomic mass is 15.2. The van der Waals surface area contributed by atoms with E-state index in [2.05, 4.69) is 47.0 Å². The van der Waals surface area contributed by atoms with Crippen LogP contribution in [0.25, 0.3) is 0 Å². The van der Waals surface area contributed by atoms with Gasteiger partial charge in [0.1, 0.15) is 17.5 Å². The molecule has 1 saturated heterocycles. The highest BCUT2D eigenvalue weighted by Crippen LogP contribution is 2.25. The van der Waals surface area contributed by atoms with Gasteiger partial charge in [0.05, 0.1) is 0 Å². The van der Waals surface area contributed by atoms with Gasteiger partial charge in [-0.25, -0.2) is 9.97 Å². The Bertz CT molecular complexity index is 405. The van der Waals surface area contributed by atoms with Crippen molar-refractivity contribution < 1.29 is 0 Å². The lowest BCUT2D eigenvalue weighted by molar-refractivity contribution is 0.568. The summed E-state index contributed by atoms with van der Waals surface area (Å²) < 4.78 is 0. The summed E-state index contributed by atoms with van der Waals surface area (Å²) in [7, 11) is 0. The molecule has 1 fully saturated rings. The molecule has 0 spiro atoms. The molecular weight excluding hydrogens is 236 g/mol. The molecule has 1 N–H and O–H groups in total. The molecule has 1 aliphatic heterocycles. The molecule has 0 radical (unpaired) electrons. The smallest absolute Gasteiger partial charge is 0.134 e. The van der Waals surface area contributed by atoms with Crippen LogP contribution in [0, 0.1) is 5.92 Å². The molecule has 1 unspecified atom stereocenters. The van der Waals surface area contributed by atoms with Crippen molar-refractivity contribution in [2.75, 3.05) is 29.9 Å². The van der Waals surface area contributed by atoms with Crippen LogP contribution in [0.3, 0.4) is 0 Å². The Morgan fingerprint density at radius 3 is 2.79 bits per heavy atom. The summed E-state index contributed by atoms with van der Waals surface area (Å²) in [6, 6.07) is 2.10. The molecule has 0 aliphatic carbocycles. The van der Waals surface area contributed by atoms with E-state index in [0.29, 0.717) is 0 Å². The van der Waals surface area contributed by atoms with Gasteiger partial charge in [0.25, 0.3) is 0 Å². The maximum absolute atomic E-state index is 4.69. The maximum Gasteiger partial charge on any atom is 0.134 e. The van der Waals surface area contributed by atoms with Crippen molar-refractivity contribution in [1.29, 1.82) is 0 Å². The zero-order valence-corrected chi connectivity index (χ0v) is 12.4. The number of anilines is 2. The van der Waals surface area contributed by atoms with Crippen molar-refractivity contribution in [3.05, 3.63) is 11.9 Å². The Labute approximate surface area is 116 Å². The SMILES string of the molecule is CCCNc1cc(N2CCC(CC)C2)nc(CC)n1. The van der Waals surface area contributed by atoms with Gasteiger partial charge in [0.15, 0.2) is 0 Å². The van der Waals surface area contributed by atoms with Crippen LogP contribution in [-0.4, -0.2) is 29.6 Å². The molecule has 2 heterocycles. The standard InChI is InChI=1S/C15H26N4/c1-4-8-16-14-10-15(18-13(6-3)17-14)19-9-7-12(5-2)11-19/h10,12H,4-9,11H2,1-3H3,(H,16,17,18). The molecule has 1 aliphatic rings. The van der Waals surface area contributed by atoms with Gasteiger partial charge < -0.3 is 10.2 Å². The number of hydrogen-bond acceptors (Lipinski definition) is 4. The molecule has 0 aromatic carbocycles. The Kier molecular flexibility index (Phi) is 5.00. The van der Waals surface area contributed by atoms with Crippen molar-refractivity contribution in [2.45, 2.75) is 46.5 Å². The quantitative estimate of drug-likeness (QED) is 0.855. The molecule has 19 heavy (non-hydrogen) atoms. The minimum Gasteiger partial charge on any atom is -0.370 e. The first-order valence-corrected chi connectivity index (χ1v) is 7.63. The van der Waals surface area contributed by atoms with Crippen LogP contribution in [0.5, 0.6) is 0 Å². The van der Waals surface area contributed by atoms with E-state index in [1.165, 1.54) is 12.8 Å². The van der Waals surface area contributed by atoms with Gasteiger partial charge in [0.2, 0.25) is 0 Å². The van der Waals surface area contributed by atoms with E-state index < -0.39 is 0 Å². The van der Waals surface area contributed by atoms with Crippen molar-refractivity contribution in [3.63, 3.8) is 0 Å². The fraction of sp³-hybridized carbons (Fsp3) is 0.733. The summed E-state index contributed by atoms with van der Waals surface area (Å²) >= 11 is 0. The van der Waals surface area contributed by atoms with Crippen LogP contribution >= 0.6 is 0 Å². The lowest BCUT2D eigenvalue weighted by Gasteiger charge is -2.19. The van der Waals surface area contributed by atoms with Gasteiger partial charge in [0, 0.05) is 32.1 Å². The molecular formula is C15H26N4. The van der Waals surface area contributed by atoms with Gasteiger partial charge in [-0.05, 0) is 18.8 Å². The van der Waals surface area contributed by atoms with Crippen molar-refractivity contribution in [3.8, 4) is 0 Å². The van der Waals surface area contributed by atoms with Crippen molar-refractivity contribution >= 4 is 11.6 Å². The Balaban J connectivity index is 2.14. The topological polar surface area (TPSA) is 41.0 Å². The zero-order chi connectivity index (χ0) is 13.7. The minimum absolute atomic E-state index is 0.826. The largest absolute Gasteiger partial charge is 0.370 e. The fourth-order valence-electron chi connectivity index (χ4n) is 2.52. The van der Waals surface area contributed by atoms with Crippen molar-refractivity contribution in [2.24, 2.45) is 5.92 Å². The molecule has 106 valence electrons. The summed E-state index contributed by atoms with van der Waals surface area (Å²) in [5.74, 6) is 3.84. The second kappa shape index (κ2) is 6.73. The zero-order valence-electron chi connectivity index (χ0n) is 12.4. The molecule has 4 nitrogen and oxygen atoms in total. The van der Waals surface area contributed by atoms with Gasteiger partial charge in [-0.3, -0.25) is 0 Å². The second-order valence-corrected chi connectivity index (χ2v) is 5.32. The number of nitrogens with one attached hydrogen (secondary N) is 1. The summed E-state index contributed by atoms with van der Waals surface area (Å²) in [4.78, 5) is 11.6. The summed E-state index contributed by atoms with van der Waals surface area (Å²) in [6.07, 6.45) is 4.56. The number of aryl methyl sites for hydroxylation is 1. The van der Waals surface area contributed by atoms with Crippen LogP contribution < -0.4 is 10.2 Å². The Morgan fingerprint density at radius 1 is 1.32 bits per heavy atom. The van der Waals surface area contributed by atoms with Crippen LogP contribution in [0.1, 0.15) is 45.9 Å². The molecule has 0 bridgehead atoms.